The highest BCUT2D eigenvalue weighted by Gasteiger charge is 2.68. The van der Waals surface area contributed by atoms with Crippen molar-refractivity contribution in [3.63, 3.8) is 0 Å². The third-order valence-corrected chi connectivity index (χ3v) is 11.2. The largest absolute Gasteiger partial charge is 0.482 e. The summed E-state index contributed by atoms with van der Waals surface area (Å²) < 4.78 is 16.7. The summed E-state index contributed by atoms with van der Waals surface area (Å²) in [7, 11) is -0.192. The summed E-state index contributed by atoms with van der Waals surface area (Å²) in [5.41, 5.74) is -0.741. The van der Waals surface area contributed by atoms with E-state index in [0.29, 0.717) is 29.6 Å². The number of benzene rings is 1. The first-order valence-electron chi connectivity index (χ1n) is 14.7. The van der Waals surface area contributed by atoms with Crippen LogP contribution in [0.2, 0.25) is 0 Å². The summed E-state index contributed by atoms with van der Waals surface area (Å²) in [5.74, 6) is -0.406. The number of aliphatic hydroxyl groups excluding tert-OH is 1. The fourth-order valence-corrected chi connectivity index (χ4v) is 8.38. The molecule has 0 saturated heterocycles. The third kappa shape index (κ3) is 4.56. The lowest BCUT2D eigenvalue weighted by Crippen LogP contribution is -2.63. The molecule has 0 spiro atoms. The van der Waals surface area contributed by atoms with Crippen LogP contribution in [0.3, 0.4) is 0 Å². The lowest BCUT2D eigenvalue weighted by atomic mass is 9.44. The molecule has 3 saturated carbocycles. The Morgan fingerprint density at radius 3 is 2.69 bits per heavy atom. The average molecular weight is 580 g/mol. The highest BCUT2D eigenvalue weighted by atomic mass is 16.6. The second kappa shape index (κ2) is 10.8. The summed E-state index contributed by atoms with van der Waals surface area (Å²) in [6.07, 6.45) is 4.27. The quantitative estimate of drug-likeness (QED) is 0.308. The Labute approximate surface area is 247 Å². The van der Waals surface area contributed by atoms with Crippen molar-refractivity contribution in [1.29, 1.82) is 0 Å². The maximum atomic E-state index is 13.6. The number of ketones is 1. The van der Waals surface area contributed by atoms with Crippen LogP contribution in [0.1, 0.15) is 65.4 Å². The molecule has 2 N–H and O–H groups in total. The molecule has 8 atom stereocenters. The van der Waals surface area contributed by atoms with Gasteiger partial charge in [0.05, 0.1) is 19.4 Å². The molecule has 226 valence electrons. The zero-order valence-electron chi connectivity index (χ0n) is 25.0. The number of fused-ring (bicyclic) bond motifs is 1. The van der Waals surface area contributed by atoms with Crippen LogP contribution in [0.15, 0.2) is 36.0 Å². The fourth-order valence-electron chi connectivity index (χ4n) is 8.38. The average Bonchev–Trinajstić information content (AvgIpc) is 3.34. The van der Waals surface area contributed by atoms with Crippen LogP contribution in [-0.4, -0.2) is 72.1 Å². The molecule has 0 radical (unpaired) electrons. The van der Waals surface area contributed by atoms with Crippen LogP contribution in [-0.2, 0) is 19.1 Å². The van der Waals surface area contributed by atoms with Crippen molar-refractivity contribution in [3.8, 4) is 5.75 Å². The van der Waals surface area contributed by atoms with E-state index < -0.39 is 48.8 Å². The van der Waals surface area contributed by atoms with E-state index in [1.165, 1.54) is 19.4 Å². The third-order valence-electron chi connectivity index (χ3n) is 11.2. The Balaban J connectivity index is 1.39. The van der Waals surface area contributed by atoms with Crippen LogP contribution >= 0.6 is 0 Å². The Kier molecular flexibility index (Phi) is 7.81. The van der Waals surface area contributed by atoms with E-state index >= 15 is 0 Å². The van der Waals surface area contributed by atoms with Gasteiger partial charge in [-0.25, -0.2) is 14.5 Å². The first-order valence-corrected chi connectivity index (χ1v) is 14.7. The zero-order valence-corrected chi connectivity index (χ0v) is 25.0. The maximum Gasteiger partial charge on any atom is 0.478 e. The molecular formula is C31H41BN2O8. The van der Waals surface area contributed by atoms with Crippen molar-refractivity contribution in [3.05, 3.63) is 36.4 Å². The first-order chi connectivity index (χ1) is 19.8. The molecule has 5 rings (SSSR count). The number of rotatable bonds is 5. The smallest absolute Gasteiger partial charge is 0.478 e. The number of methoxy groups -OCH3 is 1. The highest BCUT2D eigenvalue weighted by Crippen LogP contribution is 2.68. The molecular weight excluding hydrogens is 539 g/mol. The number of hydrazone groups is 1. The second-order valence-corrected chi connectivity index (χ2v) is 13.1. The summed E-state index contributed by atoms with van der Waals surface area (Å²) in [4.78, 5) is 39.7. The Hall–Kier alpha value is -3.18. The number of hydrogen-bond donors (Lipinski definition) is 2. The van der Waals surface area contributed by atoms with Gasteiger partial charge in [-0.05, 0) is 66.1 Å². The predicted octanol–water partition coefficient (Wildman–Crippen LogP) is 3.08. The minimum atomic E-state index is -1.38. The van der Waals surface area contributed by atoms with Gasteiger partial charge in [0.2, 0.25) is 0 Å². The Morgan fingerprint density at radius 2 is 2.00 bits per heavy atom. The van der Waals surface area contributed by atoms with Gasteiger partial charge in [0.1, 0.15) is 17.6 Å². The SMILES string of the molecule is C=C[C@]1(C)C[C@@H](OC(=O)COc2ccc3c(c2)B(O)N(C(=O)OC)N=C3)[C@@]2(C)[C@@H]3C(=O)CC[C@@]3(CC[C@@H]2C)[C@@H](C)[C@@H]1O. The maximum absolute atomic E-state index is 13.6. The van der Waals surface area contributed by atoms with Crippen molar-refractivity contribution in [2.24, 2.45) is 39.1 Å². The lowest BCUT2D eigenvalue weighted by molar-refractivity contribution is -0.207. The predicted molar refractivity (Wildman–Crippen MR) is 156 cm³/mol. The molecule has 1 aromatic carbocycles. The molecule has 1 amide bonds. The van der Waals surface area contributed by atoms with Gasteiger partial charge in [0, 0.05) is 23.2 Å². The van der Waals surface area contributed by atoms with E-state index in [1.54, 1.807) is 18.2 Å². The van der Waals surface area contributed by atoms with Gasteiger partial charge in [-0.2, -0.15) is 5.10 Å². The van der Waals surface area contributed by atoms with E-state index in [0.717, 1.165) is 24.2 Å². The van der Waals surface area contributed by atoms with Gasteiger partial charge in [0.15, 0.2) is 6.61 Å². The molecule has 4 aliphatic rings. The highest BCUT2D eigenvalue weighted by molar-refractivity contribution is 6.67. The number of amides is 1. The second-order valence-electron chi connectivity index (χ2n) is 13.1. The van der Waals surface area contributed by atoms with Crippen LogP contribution < -0.4 is 10.2 Å². The topological polar surface area (TPSA) is 135 Å². The van der Waals surface area contributed by atoms with Crippen molar-refractivity contribution >= 4 is 36.6 Å². The minimum Gasteiger partial charge on any atom is -0.482 e. The molecule has 1 aliphatic heterocycles. The van der Waals surface area contributed by atoms with Gasteiger partial charge < -0.3 is 24.3 Å². The first kappa shape index (κ1) is 30.3. The number of hydrogen-bond acceptors (Lipinski definition) is 9. The number of ether oxygens (including phenoxy) is 3. The molecule has 1 heterocycles. The van der Waals surface area contributed by atoms with Gasteiger partial charge in [-0.3, -0.25) is 4.79 Å². The molecule has 3 aliphatic carbocycles. The molecule has 0 unspecified atom stereocenters. The van der Waals surface area contributed by atoms with Crippen LogP contribution in [0, 0.1) is 34.0 Å². The van der Waals surface area contributed by atoms with E-state index in [2.05, 4.69) is 37.2 Å². The van der Waals surface area contributed by atoms with Crippen molar-refractivity contribution < 1.29 is 38.7 Å². The Bertz CT molecular complexity index is 1320. The van der Waals surface area contributed by atoms with Gasteiger partial charge >= 0.3 is 19.1 Å². The fraction of sp³-hybridized carbons (Fsp3) is 0.613. The standard InChI is InChI=1S/C31H41BN2O8/c1-7-29(4)15-24(30(5)18(2)10-12-31(19(3)27(29)37)13-11-23(35)26(30)31)42-25(36)17-41-21-9-8-20-16-33-34(28(38)40-6)32(39)22(20)14-21/h7-9,14,16,18-19,24,26-27,37,39H,1,10-13,15,17H2,2-6H3/t18-,19-,24+,26-,27-,29+,30-,31-/m0/s1. The van der Waals surface area contributed by atoms with Crippen molar-refractivity contribution in [2.45, 2.75) is 72.0 Å². The van der Waals surface area contributed by atoms with E-state index in [4.69, 9.17) is 9.47 Å². The van der Waals surface area contributed by atoms with Crippen LogP contribution in [0.25, 0.3) is 0 Å². The molecule has 1 aromatic rings. The van der Waals surface area contributed by atoms with Crippen molar-refractivity contribution in [1.82, 2.24) is 4.92 Å². The molecule has 42 heavy (non-hydrogen) atoms. The van der Waals surface area contributed by atoms with Gasteiger partial charge in [-0.1, -0.05) is 39.8 Å². The number of aliphatic hydroxyl groups is 1. The number of Topliss-reactive ketones (excluding diaryl/α,β-unsaturated/α-hetero) is 1. The molecule has 0 aromatic heterocycles. The molecule has 2 bridgehead atoms. The number of nitrogens with zero attached hydrogens (tertiary/aromatic N) is 2. The Morgan fingerprint density at radius 1 is 1.26 bits per heavy atom. The molecule has 10 nitrogen and oxygen atoms in total. The van der Waals surface area contributed by atoms with Gasteiger partial charge in [0.25, 0.3) is 0 Å². The van der Waals surface area contributed by atoms with Crippen molar-refractivity contribution in [2.75, 3.05) is 13.7 Å². The summed E-state index contributed by atoms with van der Waals surface area (Å²) in [6.45, 7) is 11.9. The summed E-state index contributed by atoms with van der Waals surface area (Å²) in [6, 6.07) is 4.84. The van der Waals surface area contributed by atoms with Gasteiger partial charge in [-0.15, -0.1) is 6.58 Å². The number of carbonyl (C=O) groups is 3. The minimum absolute atomic E-state index is 0.108. The molecule has 11 heteroatoms. The molecule has 3 fully saturated rings. The van der Waals surface area contributed by atoms with Crippen LogP contribution in [0.5, 0.6) is 5.75 Å². The monoisotopic (exact) mass is 580 g/mol. The van der Waals surface area contributed by atoms with Crippen LogP contribution in [0.4, 0.5) is 4.79 Å². The number of esters is 1. The summed E-state index contributed by atoms with van der Waals surface area (Å²) in [5, 5.41) is 26.2. The van der Waals surface area contributed by atoms with E-state index in [1.807, 2.05) is 6.92 Å². The van der Waals surface area contributed by atoms with E-state index in [9.17, 15) is 24.5 Å². The normalized spacial score (nSPS) is 37.2. The number of carbonyl (C=O) groups excluding carboxylic acids is 3. The summed E-state index contributed by atoms with van der Waals surface area (Å²) >= 11 is 0. The van der Waals surface area contributed by atoms with E-state index in [-0.39, 0.29) is 29.0 Å². The lowest BCUT2D eigenvalue weighted by Gasteiger charge is -2.61. The zero-order chi connectivity index (χ0) is 30.6.